The first-order chi connectivity index (χ1) is 9.08. The van der Waals surface area contributed by atoms with Gasteiger partial charge in [0.05, 0.1) is 11.0 Å². The zero-order valence-corrected chi connectivity index (χ0v) is 10.4. The third-order valence-electron chi connectivity index (χ3n) is 2.74. The Kier molecular flexibility index (Phi) is 3.61. The smallest absolute Gasteiger partial charge is 0.311 e. The molecule has 3 N–H and O–H groups in total. The molecule has 98 valence electrons. The van der Waals surface area contributed by atoms with Crippen LogP contribution in [-0.2, 0) is 0 Å². The molecule has 0 saturated heterocycles. The zero-order chi connectivity index (χ0) is 13.8. The summed E-state index contributed by atoms with van der Waals surface area (Å²) in [6.07, 6.45) is 0. The van der Waals surface area contributed by atoms with Crippen molar-refractivity contribution in [3.8, 4) is 0 Å². The summed E-state index contributed by atoms with van der Waals surface area (Å²) < 4.78 is 0. The first-order valence-corrected chi connectivity index (χ1v) is 5.80. The molecule has 19 heavy (non-hydrogen) atoms. The molecule has 0 aliphatic carbocycles. The normalized spacial score (nSPS) is 11.8. The lowest BCUT2D eigenvalue weighted by atomic mass is 10.1. The number of benzene rings is 1. The molecule has 0 saturated carbocycles. The first-order valence-electron chi connectivity index (χ1n) is 5.80. The molecule has 1 atom stereocenters. The quantitative estimate of drug-likeness (QED) is 0.649. The second-order valence-electron chi connectivity index (χ2n) is 4.14. The van der Waals surface area contributed by atoms with Crippen LogP contribution in [0.2, 0.25) is 0 Å². The predicted molar refractivity (Wildman–Crippen MR) is 73.8 cm³/mol. The summed E-state index contributed by atoms with van der Waals surface area (Å²) in [7, 11) is 0. The molecule has 2 aromatic rings. The van der Waals surface area contributed by atoms with Gasteiger partial charge in [0.15, 0.2) is 0 Å². The van der Waals surface area contributed by atoms with Crippen molar-refractivity contribution >= 4 is 17.3 Å². The summed E-state index contributed by atoms with van der Waals surface area (Å²) >= 11 is 0. The van der Waals surface area contributed by atoms with Gasteiger partial charge in [0.1, 0.15) is 5.82 Å². The maximum atomic E-state index is 10.9. The molecule has 0 radical (unpaired) electrons. The predicted octanol–water partition coefficient (Wildman–Crippen LogP) is 2.75. The van der Waals surface area contributed by atoms with Gasteiger partial charge in [-0.05, 0) is 18.6 Å². The molecule has 1 unspecified atom stereocenters. The number of nitrogen functional groups attached to an aromatic ring is 1. The lowest BCUT2D eigenvalue weighted by Crippen LogP contribution is -2.10. The average molecular weight is 258 g/mol. The molecule has 0 fully saturated rings. The Hall–Kier alpha value is -2.63. The van der Waals surface area contributed by atoms with E-state index < -0.39 is 4.92 Å². The van der Waals surface area contributed by atoms with Gasteiger partial charge in [-0.1, -0.05) is 30.3 Å². The van der Waals surface area contributed by atoms with Crippen molar-refractivity contribution in [3.63, 3.8) is 0 Å². The fourth-order valence-electron chi connectivity index (χ4n) is 1.75. The van der Waals surface area contributed by atoms with E-state index in [-0.39, 0.29) is 23.4 Å². The van der Waals surface area contributed by atoms with Crippen LogP contribution >= 0.6 is 0 Å². The minimum absolute atomic E-state index is 0.0861. The third kappa shape index (κ3) is 2.98. The molecule has 2 rings (SSSR count). The summed E-state index contributed by atoms with van der Waals surface area (Å²) in [5.41, 5.74) is 6.50. The first kappa shape index (κ1) is 12.8. The van der Waals surface area contributed by atoms with Crippen molar-refractivity contribution in [2.24, 2.45) is 0 Å². The van der Waals surface area contributed by atoms with Gasteiger partial charge in [0, 0.05) is 6.07 Å². The van der Waals surface area contributed by atoms with Gasteiger partial charge in [0.25, 0.3) is 0 Å². The number of hydrogen-bond acceptors (Lipinski definition) is 5. The highest BCUT2D eigenvalue weighted by Crippen LogP contribution is 2.26. The third-order valence-corrected chi connectivity index (χ3v) is 2.74. The van der Waals surface area contributed by atoms with Crippen LogP contribution in [0.4, 0.5) is 17.3 Å². The Morgan fingerprint density at radius 3 is 2.58 bits per heavy atom. The zero-order valence-electron chi connectivity index (χ0n) is 10.4. The number of nitro groups is 1. The van der Waals surface area contributed by atoms with E-state index in [1.807, 2.05) is 37.3 Å². The highest BCUT2D eigenvalue weighted by atomic mass is 16.6. The Morgan fingerprint density at radius 1 is 1.26 bits per heavy atom. The van der Waals surface area contributed by atoms with Crippen LogP contribution < -0.4 is 11.1 Å². The van der Waals surface area contributed by atoms with Gasteiger partial charge in [-0.3, -0.25) is 10.1 Å². The van der Waals surface area contributed by atoms with Gasteiger partial charge < -0.3 is 11.1 Å². The molecule has 0 bridgehead atoms. The summed E-state index contributed by atoms with van der Waals surface area (Å²) in [4.78, 5) is 14.4. The van der Waals surface area contributed by atoms with Crippen LogP contribution in [0.1, 0.15) is 18.5 Å². The molecule has 6 heteroatoms. The number of aromatic nitrogens is 1. The Morgan fingerprint density at radius 2 is 1.95 bits per heavy atom. The van der Waals surface area contributed by atoms with Crippen LogP contribution in [0.5, 0.6) is 0 Å². The van der Waals surface area contributed by atoms with Crippen molar-refractivity contribution in [2.45, 2.75) is 13.0 Å². The number of anilines is 2. The van der Waals surface area contributed by atoms with Gasteiger partial charge in [0.2, 0.25) is 5.82 Å². The number of rotatable bonds is 4. The van der Waals surface area contributed by atoms with Crippen molar-refractivity contribution in [3.05, 3.63) is 58.1 Å². The average Bonchev–Trinajstić information content (AvgIpc) is 2.39. The van der Waals surface area contributed by atoms with Gasteiger partial charge in [-0.2, -0.15) is 0 Å². The summed E-state index contributed by atoms with van der Waals surface area (Å²) in [5.74, 6) is 0.426. The molecule has 1 aromatic heterocycles. The monoisotopic (exact) mass is 258 g/mol. The lowest BCUT2D eigenvalue weighted by molar-refractivity contribution is -0.384. The largest absolute Gasteiger partial charge is 0.384 e. The molecule has 0 amide bonds. The molecule has 0 aliphatic rings. The van der Waals surface area contributed by atoms with Crippen LogP contribution in [0.3, 0.4) is 0 Å². The van der Waals surface area contributed by atoms with E-state index in [0.29, 0.717) is 0 Å². The maximum Gasteiger partial charge on any atom is 0.311 e. The van der Waals surface area contributed by atoms with Gasteiger partial charge >= 0.3 is 5.69 Å². The molecule has 6 nitrogen and oxygen atoms in total. The van der Waals surface area contributed by atoms with E-state index in [0.717, 1.165) is 5.56 Å². The van der Waals surface area contributed by atoms with E-state index in [9.17, 15) is 10.1 Å². The van der Waals surface area contributed by atoms with E-state index in [1.54, 1.807) is 0 Å². The summed E-state index contributed by atoms with van der Waals surface area (Å²) in [5, 5.41) is 14.0. The number of pyridine rings is 1. The van der Waals surface area contributed by atoms with Gasteiger partial charge in [-0.15, -0.1) is 0 Å². The van der Waals surface area contributed by atoms with Crippen LogP contribution in [0.25, 0.3) is 0 Å². The topological polar surface area (TPSA) is 94.1 Å². The Bertz CT molecular complexity index is 586. The fraction of sp³-hybridized carbons (Fsp3) is 0.154. The van der Waals surface area contributed by atoms with Crippen molar-refractivity contribution in [1.82, 2.24) is 4.98 Å². The highest BCUT2D eigenvalue weighted by Gasteiger charge is 2.17. The van der Waals surface area contributed by atoms with E-state index in [1.165, 1.54) is 12.1 Å². The summed E-state index contributed by atoms with van der Waals surface area (Å²) in [6, 6.07) is 12.3. The maximum absolute atomic E-state index is 10.9. The minimum atomic E-state index is -0.480. The Balaban J connectivity index is 2.28. The molecule has 0 aliphatic heterocycles. The number of nitrogens with zero attached hydrogens (tertiary/aromatic N) is 2. The molecular weight excluding hydrogens is 244 g/mol. The number of hydrogen-bond donors (Lipinski definition) is 2. The molecule has 1 aromatic carbocycles. The van der Waals surface area contributed by atoms with Crippen molar-refractivity contribution in [2.75, 3.05) is 11.1 Å². The number of nitrogens with one attached hydrogen (secondary N) is 1. The van der Waals surface area contributed by atoms with E-state index >= 15 is 0 Å². The van der Waals surface area contributed by atoms with E-state index in [4.69, 9.17) is 5.73 Å². The van der Waals surface area contributed by atoms with Crippen LogP contribution in [0, 0.1) is 10.1 Å². The fourth-order valence-corrected chi connectivity index (χ4v) is 1.75. The second-order valence-corrected chi connectivity index (χ2v) is 4.14. The van der Waals surface area contributed by atoms with Crippen molar-refractivity contribution < 1.29 is 4.92 Å². The van der Waals surface area contributed by atoms with Crippen LogP contribution in [-0.4, -0.2) is 9.91 Å². The standard InChI is InChI=1S/C13H14N4O2/c1-9(10-5-3-2-4-6-10)15-13-11(17(18)19)7-8-12(14)16-13/h2-9H,1H3,(H3,14,15,16). The second kappa shape index (κ2) is 5.34. The minimum Gasteiger partial charge on any atom is -0.384 e. The van der Waals surface area contributed by atoms with E-state index in [2.05, 4.69) is 10.3 Å². The van der Waals surface area contributed by atoms with Gasteiger partial charge in [-0.25, -0.2) is 4.98 Å². The lowest BCUT2D eigenvalue weighted by Gasteiger charge is -2.15. The Labute approximate surface area is 110 Å². The number of nitrogens with two attached hydrogens (primary N) is 1. The molecular formula is C13H14N4O2. The van der Waals surface area contributed by atoms with Crippen LogP contribution in [0.15, 0.2) is 42.5 Å². The molecule has 0 spiro atoms. The SMILES string of the molecule is CC(Nc1nc(N)ccc1[N+](=O)[O-])c1ccccc1. The van der Waals surface area contributed by atoms with Crippen molar-refractivity contribution in [1.29, 1.82) is 0 Å². The molecule has 1 heterocycles. The highest BCUT2D eigenvalue weighted by molar-refractivity contribution is 5.60. The summed E-state index contributed by atoms with van der Waals surface area (Å²) in [6.45, 7) is 1.91.